The second-order valence-electron chi connectivity index (χ2n) is 6.42. The summed E-state index contributed by atoms with van der Waals surface area (Å²) in [5.74, 6) is 0.869. The van der Waals surface area contributed by atoms with Gasteiger partial charge < -0.3 is 10.3 Å². The Bertz CT molecular complexity index is 863. The molecule has 2 aromatic carbocycles. The standard InChI is InChI=1S/C19H18BrN3O/c1-12(17-22-15-4-2-3-5-16(15)23-17)21-18(24)19(10-11-19)13-6-8-14(20)9-7-13/h2-9,12H,10-11H2,1H3,(H,21,24)(H,22,23). The second-order valence-corrected chi connectivity index (χ2v) is 7.34. The van der Waals surface area contributed by atoms with Crippen molar-refractivity contribution in [1.82, 2.24) is 15.3 Å². The van der Waals surface area contributed by atoms with E-state index < -0.39 is 0 Å². The average Bonchev–Trinajstić information content (AvgIpc) is 3.28. The van der Waals surface area contributed by atoms with Crippen LogP contribution in [0.1, 0.15) is 37.2 Å². The van der Waals surface area contributed by atoms with E-state index in [1.165, 1.54) is 0 Å². The third-order valence-corrected chi connectivity index (χ3v) is 5.28. The Morgan fingerprint density at radius 2 is 1.92 bits per heavy atom. The van der Waals surface area contributed by atoms with Gasteiger partial charge in [0.2, 0.25) is 5.91 Å². The van der Waals surface area contributed by atoms with E-state index >= 15 is 0 Å². The molecule has 1 atom stereocenters. The molecule has 1 saturated carbocycles. The predicted octanol–water partition coefficient (Wildman–Crippen LogP) is 4.23. The van der Waals surface area contributed by atoms with Crippen molar-refractivity contribution in [3.05, 3.63) is 64.4 Å². The van der Waals surface area contributed by atoms with E-state index in [2.05, 4.69) is 31.2 Å². The van der Waals surface area contributed by atoms with Crippen LogP contribution in [0.2, 0.25) is 0 Å². The largest absolute Gasteiger partial charge is 0.346 e. The smallest absolute Gasteiger partial charge is 0.231 e. The van der Waals surface area contributed by atoms with Gasteiger partial charge in [0.15, 0.2) is 0 Å². The maximum atomic E-state index is 12.8. The van der Waals surface area contributed by atoms with E-state index in [0.717, 1.165) is 39.7 Å². The molecular formula is C19H18BrN3O. The minimum Gasteiger partial charge on any atom is -0.346 e. The zero-order valence-corrected chi connectivity index (χ0v) is 14.9. The molecule has 4 nitrogen and oxygen atoms in total. The highest BCUT2D eigenvalue weighted by Crippen LogP contribution is 2.48. The third kappa shape index (κ3) is 2.63. The Balaban J connectivity index is 1.54. The first-order valence-corrected chi connectivity index (χ1v) is 8.89. The van der Waals surface area contributed by atoms with Crippen LogP contribution in [0.5, 0.6) is 0 Å². The Labute approximate surface area is 148 Å². The molecule has 0 aliphatic heterocycles. The Morgan fingerprint density at radius 3 is 2.58 bits per heavy atom. The SMILES string of the molecule is CC(NC(=O)C1(c2ccc(Br)cc2)CC1)c1nc2ccccc2[nH]1. The lowest BCUT2D eigenvalue weighted by molar-refractivity contribution is -0.124. The van der Waals surface area contributed by atoms with Gasteiger partial charge in [0.1, 0.15) is 5.82 Å². The van der Waals surface area contributed by atoms with Gasteiger partial charge in [0.05, 0.1) is 22.5 Å². The summed E-state index contributed by atoms with van der Waals surface area (Å²) in [7, 11) is 0. The van der Waals surface area contributed by atoms with Gasteiger partial charge in [-0.3, -0.25) is 4.79 Å². The van der Waals surface area contributed by atoms with Gasteiger partial charge in [0, 0.05) is 4.47 Å². The summed E-state index contributed by atoms with van der Waals surface area (Å²) in [5, 5.41) is 3.13. The molecule has 4 rings (SSSR count). The molecule has 3 aromatic rings. The summed E-state index contributed by atoms with van der Waals surface area (Å²) in [4.78, 5) is 20.7. The fourth-order valence-electron chi connectivity index (χ4n) is 3.12. The molecule has 1 fully saturated rings. The number of carbonyl (C=O) groups excluding carboxylic acids is 1. The third-order valence-electron chi connectivity index (χ3n) is 4.75. The molecule has 2 N–H and O–H groups in total. The summed E-state index contributed by atoms with van der Waals surface area (Å²) in [6, 6.07) is 15.8. The number of hydrogen-bond acceptors (Lipinski definition) is 2. The van der Waals surface area contributed by atoms with Crippen LogP contribution in [0.3, 0.4) is 0 Å². The van der Waals surface area contributed by atoms with Crippen molar-refractivity contribution in [2.45, 2.75) is 31.2 Å². The number of nitrogens with one attached hydrogen (secondary N) is 2. The summed E-state index contributed by atoms with van der Waals surface area (Å²) in [6.07, 6.45) is 1.79. The second kappa shape index (κ2) is 5.74. The minimum atomic E-state index is -0.374. The lowest BCUT2D eigenvalue weighted by Crippen LogP contribution is -2.36. The highest BCUT2D eigenvalue weighted by molar-refractivity contribution is 9.10. The number of imidazole rings is 1. The van der Waals surface area contributed by atoms with Crippen LogP contribution in [-0.2, 0) is 10.2 Å². The van der Waals surface area contributed by atoms with Gasteiger partial charge in [-0.2, -0.15) is 0 Å². The Kier molecular flexibility index (Phi) is 3.68. The van der Waals surface area contributed by atoms with Gasteiger partial charge in [0.25, 0.3) is 0 Å². The van der Waals surface area contributed by atoms with E-state index in [-0.39, 0.29) is 17.4 Å². The fourth-order valence-corrected chi connectivity index (χ4v) is 3.39. The van der Waals surface area contributed by atoms with E-state index in [9.17, 15) is 4.79 Å². The number of nitrogens with zero attached hydrogens (tertiary/aromatic N) is 1. The quantitative estimate of drug-likeness (QED) is 0.707. The van der Waals surface area contributed by atoms with Crippen molar-refractivity contribution in [3.63, 3.8) is 0 Å². The van der Waals surface area contributed by atoms with Gasteiger partial charge in [-0.15, -0.1) is 0 Å². The van der Waals surface area contributed by atoms with Crippen molar-refractivity contribution in [2.75, 3.05) is 0 Å². The van der Waals surface area contributed by atoms with Crippen LogP contribution in [0.15, 0.2) is 53.0 Å². The van der Waals surface area contributed by atoms with Crippen LogP contribution in [-0.4, -0.2) is 15.9 Å². The summed E-state index contributed by atoms with van der Waals surface area (Å²) >= 11 is 3.44. The summed E-state index contributed by atoms with van der Waals surface area (Å²) < 4.78 is 1.03. The number of rotatable bonds is 4. The molecule has 0 saturated heterocycles. The van der Waals surface area contributed by atoms with Crippen molar-refractivity contribution in [1.29, 1.82) is 0 Å². The van der Waals surface area contributed by atoms with Crippen molar-refractivity contribution in [3.8, 4) is 0 Å². The zero-order valence-electron chi connectivity index (χ0n) is 13.3. The lowest BCUT2D eigenvalue weighted by atomic mass is 9.95. The van der Waals surface area contributed by atoms with Crippen LogP contribution in [0.25, 0.3) is 11.0 Å². The minimum absolute atomic E-state index is 0.0813. The van der Waals surface area contributed by atoms with Crippen LogP contribution in [0.4, 0.5) is 0 Å². The number of para-hydroxylation sites is 2. The van der Waals surface area contributed by atoms with Crippen LogP contribution < -0.4 is 5.32 Å². The van der Waals surface area contributed by atoms with Crippen LogP contribution in [0, 0.1) is 0 Å². The number of aromatic amines is 1. The number of halogens is 1. The number of hydrogen-bond donors (Lipinski definition) is 2. The number of benzene rings is 2. The molecule has 24 heavy (non-hydrogen) atoms. The number of amides is 1. The Hall–Kier alpha value is -2.14. The number of fused-ring (bicyclic) bond motifs is 1. The maximum Gasteiger partial charge on any atom is 0.231 e. The first kappa shape index (κ1) is 15.4. The monoisotopic (exact) mass is 383 g/mol. The highest BCUT2D eigenvalue weighted by Gasteiger charge is 2.51. The molecule has 1 unspecified atom stereocenters. The maximum absolute atomic E-state index is 12.8. The molecule has 1 aromatic heterocycles. The van der Waals surface area contributed by atoms with Gasteiger partial charge in [-0.1, -0.05) is 40.2 Å². The van der Waals surface area contributed by atoms with Gasteiger partial charge in [-0.05, 0) is 49.6 Å². The summed E-state index contributed by atoms with van der Waals surface area (Å²) in [6.45, 7) is 1.97. The molecule has 0 radical (unpaired) electrons. The molecule has 1 amide bonds. The number of carbonyl (C=O) groups is 1. The first-order chi connectivity index (χ1) is 11.6. The first-order valence-electron chi connectivity index (χ1n) is 8.10. The van der Waals surface area contributed by atoms with Crippen LogP contribution >= 0.6 is 15.9 Å². The molecule has 1 heterocycles. The molecule has 122 valence electrons. The number of aromatic nitrogens is 2. The fraction of sp³-hybridized carbons (Fsp3) is 0.263. The van der Waals surface area contributed by atoms with E-state index in [1.54, 1.807) is 0 Å². The molecule has 5 heteroatoms. The van der Waals surface area contributed by atoms with E-state index in [1.807, 2.05) is 55.5 Å². The van der Waals surface area contributed by atoms with Crippen molar-refractivity contribution >= 4 is 32.9 Å². The topological polar surface area (TPSA) is 57.8 Å². The highest BCUT2D eigenvalue weighted by atomic mass is 79.9. The normalized spacial score (nSPS) is 16.8. The molecule has 1 aliphatic carbocycles. The van der Waals surface area contributed by atoms with Crippen molar-refractivity contribution in [2.24, 2.45) is 0 Å². The van der Waals surface area contributed by atoms with E-state index in [4.69, 9.17) is 0 Å². The van der Waals surface area contributed by atoms with Gasteiger partial charge >= 0.3 is 0 Å². The summed E-state index contributed by atoms with van der Waals surface area (Å²) in [5.41, 5.74) is 2.62. The molecule has 1 aliphatic rings. The zero-order chi connectivity index (χ0) is 16.7. The lowest BCUT2D eigenvalue weighted by Gasteiger charge is -2.19. The average molecular weight is 384 g/mol. The van der Waals surface area contributed by atoms with Gasteiger partial charge in [-0.25, -0.2) is 4.98 Å². The van der Waals surface area contributed by atoms with Crippen molar-refractivity contribution < 1.29 is 4.79 Å². The number of H-pyrrole nitrogens is 1. The van der Waals surface area contributed by atoms with E-state index in [0.29, 0.717) is 0 Å². The predicted molar refractivity (Wildman–Crippen MR) is 97.7 cm³/mol. The molecule has 0 spiro atoms. The Morgan fingerprint density at radius 1 is 1.21 bits per heavy atom. The molecular weight excluding hydrogens is 366 g/mol. The molecule has 0 bridgehead atoms.